The summed E-state index contributed by atoms with van der Waals surface area (Å²) in [6.45, 7) is 4.96. The Morgan fingerprint density at radius 3 is 2.86 bits per heavy atom. The first-order valence-corrected chi connectivity index (χ1v) is 6.82. The largest absolute Gasteiger partial charge is 0.481 e. The second-order valence-electron chi connectivity index (χ2n) is 5.46. The maximum absolute atomic E-state index is 10.8. The summed E-state index contributed by atoms with van der Waals surface area (Å²) < 4.78 is 5.26. The lowest BCUT2D eigenvalue weighted by Gasteiger charge is -2.37. The molecule has 2 aromatic heterocycles. The van der Waals surface area contributed by atoms with Crippen LogP contribution in [-0.4, -0.2) is 39.3 Å². The molecule has 7 nitrogen and oxygen atoms in total. The van der Waals surface area contributed by atoms with Crippen LogP contribution < -0.4 is 4.90 Å². The van der Waals surface area contributed by atoms with Crippen molar-refractivity contribution in [1.29, 1.82) is 0 Å². The maximum atomic E-state index is 10.8. The first kappa shape index (κ1) is 13.5. The van der Waals surface area contributed by atoms with Crippen LogP contribution in [0.2, 0.25) is 0 Å². The predicted molar refractivity (Wildman–Crippen MR) is 75.0 cm³/mol. The van der Waals surface area contributed by atoms with Crippen molar-refractivity contribution in [2.24, 2.45) is 5.92 Å². The number of hydrogen-bond acceptors (Lipinski definition) is 6. The summed E-state index contributed by atoms with van der Waals surface area (Å²) >= 11 is 0. The molecule has 1 fully saturated rings. The average molecular weight is 288 g/mol. The fourth-order valence-corrected chi connectivity index (χ4v) is 2.13. The normalized spacial score (nSPS) is 15.3. The van der Waals surface area contributed by atoms with Gasteiger partial charge in [0.2, 0.25) is 0 Å². The lowest BCUT2D eigenvalue weighted by atomic mass is 10.0. The Labute approximate surface area is 121 Å². The van der Waals surface area contributed by atoms with E-state index in [1.165, 1.54) is 0 Å². The van der Waals surface area contributed by atoms with E-state index in [-0.39, 0.29) is 11.8 Å². The van der Waals surface area contributed by atoms with Gasteiger partial charge in [-0.3, -0.25) is 4.79 Å². The van der Waals surface area contributed by atoms with Crippen LogP contribution in [-0.2, 0) is 4.79 Å². The molecule has 3 heterocycles. The number of anilines is 1. The number of carboxylic acids is 1. The zero-order valence-electron chi connectivity index (χ0n) is 11.9. The van der Waals surface area contributed by atoms with E-state index in [1.54, 1.807) is 12.3 Å². The van der Waals surface area contributed by atoms with Gasteiger partial charge in [0.1, 0.15) is 5.82 Å². The van der Waals surface area contributed by atoms with Gasteiger partial charge < -0.3 is 14.5 Å². The van der Waals surface area contributed by atoms with Gasteiger partial charge in [0.05, 0.1) is 5.92 Å². The first-order chi connectivity index (χ1) is 10.0. The molecule has 0 unspecified atom stereocenters. The second kappa shape index (κ2) is 5.16. The fraction of sp³-hybridized carbons (Fsp3) is 0.429. The molecule has 1 saturated heterocycles. The van der Waals surface area contributed by atoms with Crippen molar-refractivity contribution in [1.82, 2.24) is 15.1 Å². The summed E-state index contributed by atoms with van der Waals surface area (Å²) in [5.74, 6) is 0.980. The highest BCUT2D eigenvalue weighted by molar-refractivity contribution is 5.74. The van der Waals surface area contributed by atoms with E-state index in [0.29, 0.717) is 24.8 Å². The van der Waals surface area contributed by atoms with Crippen molar-refractivity contribution < 1.29 is 14.4 Å². The second-order valence-corrected chi connectivity index (χ2v) is 5.46. The smallest absolute Gasteiger partial charge is 0.310 e. The summed E-state index contributed by atoms with van der Waals surface area (Å²) in [7, 11) is 0. The van der Waals surface area contributed by atoms with Crippen LogP contribution in [0.15, 0.2) is 22.9 Å². The van der Waals surface area contributed by atoms with Gasteiger partial charge >= 0.3 is 5.97 Å². The topological polar surface area (TPSA) is 92.4 Å². The van der Waals surface area contributed by atoms with E-state index < -0.39 is 5.97 Å². The molecule has 1 aliphatic rings. The number of aromatic nitrogens is 3. The molecule has 2 aromatic rings. The van der Waals surface area contributed by atoms with Crippen LogP contribution in [0.3, 0.4) is 0 Å². The van der Waals surface area contributed by atoms with Crippen LogP contribution >= 0.6 is 0 Å². The molecule has 3 rings (SSSR count). The lowest BCUT2D eigenvalue weighted by Crippen LogP contribution is -2.50. The maximum Gasteiger partial charge on any atom is 0.310 e. The minimum Gasteiger partial charge on any atom is -0.481 e. The number of hydrogen-bond donors (Lipinski definition) is 1. The average Bonchev–Trinajstić information content (AvgIpc) is 2.86. The van der Waals surface area contributed by atoms with Crippen LogP contribution in [0, 0.1) is 5.92 Å². The third kappa shape index (κ3) is 2.58. The molecule has 1 aliphatic heterocycles. The molecular formula is C14H16N4O3. The number of rotatable bonds is 4. The third-order valence-corrected chi connectivity index (χ3v) is 3.51. The SMILES string of the molecule is CC(C)c1noc(-c2ccnc(N3CC(C(=O)O)C3)c2)n1. The molecule has 21 heavy (non-hydrogen) atoms. The Hall–Kier alpha value is -2.44. The third-order valence-electron chi connectivity index (χ3n) is 3.51. The Bertz CT molecular complexity index is 662. The summed E-state index contributed by atoms with van der Waals surface area (Å²) in [6.07, 6.45) is 1.66. The molecular weight excluding hydrogens is 272 g/mol. The highest BCUT2D eigenvalue weighted by Gasteiger charge is 2.33. The molecule has 110 valence electrons. The monoisotopic (exact) mass is 288 g/mol. The van der Waals surface area contributed by atoms with E-state index in [1.807, 2.05) is 24.8 Å². The number of carbonyl (C=O) groups is 1. The summed E-state index contributed by atoms with van der Waals surface area (Å²) in [6, 6.07) is 3.64. The molecule has 0 radical (unpaired) electrons. The zero-order valence-corrected chi connectivity index (χ0v) is 11.9. The van der Waals surface area contributed by atoms with Gasteiger partial charge in [-0.1, -0.05) is 19.0 Å². The van der Waals surface area contributed by atoms with E-state index >= 15 is 0 Å². The summed E-state index contributed by atoms with van der Waals surface area (Å²) in [4.78, 5) is 21.4. The van der Waals surface area contributed by atoms with Crippen LogP contribution in [0.1, 0.15) is 25.6 Å². The molecule has 0 bridgehead atoms. The van der Waals surface area contributed by atoms with Gasteiger partial charge in [0.15, 0.2) is 5.82 Å². The number of pyridine rings is 1. The van der Waals surface area contributed by atoms with E-state index in [9.17, 15) is 4.79 Å². The molecule has 1 N–H and O–H groups in total. The van der Waals surface area contributed by atoms with Gasteiger partial charge in [-0.15, -0.1) is 0 Å². The van der Waals surface area contributed by atoms with E-state index in [2.05, 4.69) is 15.1 Å². The highest BCUT2D eigenvalue weighted by Crippen LogP contribution is 2.27. The van der Waals surface area contributed by atoms with Crippen molar-refractivity contribution in [3.8, 4) is 11.5 Å². The quantitative estimate of drug-likeness (QED) is 0.916. The Morgan fingerprint density at radius 1 is 1.48 bits per heavy atom. The Morgan fingerprint density at radius 2 is 2.24 bits per heavy atom. The number of aliphatic carboxylic acids is 1. The fourth-order valence-electron chi connectivity index (χ4n) is 2.13. The number of carboxylic acid groups (broad SMARTS) is 1. The predicted octanol–water partition coefficient (Wildman–Crippen LogP) is 1.78. The van der Waals surface area contributed by atoms with Gasteiger partial charge in [-0.05, 0) is 12.1 Å². The van der Waals surface area contributed by atoms with Gasteiger partial charge in [0.25, 0.3) is 5.89 Å². The van der Waals surface area contributed by atoms with Crippen molar-refractivity contribution in [3.63, 3.8) is 0 Å². The van der Waals surface area contributed by atoms with Gasteiger partial charge in [-0.2, -0.15) is 4.98 Å². The summed E-state index contributed by atoms with van der Waals surface area (Å²) in [5, 5.41) is 12.8. The van der Waals surface area contributed by atoms with E-state index in [0.717, 1.165) is 11.4 Å². The van der Waals surface area contributed by atoms with Crippen LogP contribution in [0.5, 0.6) is 0 Å². The molecule has 0 atom stereocenters. The standard InChI is InChI=1S/C14H16N4O3/c1-8(2)12-16-13(21-17-12)9-3-4-15-11(5-9)18-6-10(7-18)14(19)20/h3-5,8,10H,6-7H2,1-2H3,(H,19,20). The Balaban J connectivity index is 1.79. The van der Waals surface area contributed by atoms with Crippen molar-refractivity contribution in [2.45, 2.75) is 19.8 Å². The zero-order chi connectivity index (χ0) is 15.0. The minimum atomic E-state index is -0.763. The lowest BCUT2D eigenvalue weighted by molar-refractivity contribution is -0.142. The van der Waals surface area contributed by atoms with E-state index in [4.69, 9.17) is 9.63 Å². The van der Waals surface area contributed by atoms with Gasteiger partial charge in [-0.25, -0.2) is 4.98 Å². The molecule has 0 spiro atoms. The van der Waals surface area contributed by atoms with Crippen LogP contribution in [0.25, 0.3) is 11.5 Å². The van der Waals surface area contributed by atoms with Crippen molar-refractivity contribution in [3.05, 3.63) is 24.2 Å². The highest BCUT2D eigenvalue weighted by atomic mass is 16.5. The van der Waals surface area contributed by atoms with Crippen molar-refractivity contribution in [2.75, 3.05) is 18.0 Å². The molecule has 0 aromatic carbocycles. The Kier molecular flexibility index (Phi) is 3.32. The molecule has 0 saturated carbocycles. The number of nitrogens with zero attached hydrogens (tertiary/aromatic N) is 4. The molecule has 7 heteroatoms. The summed E-state index contributed by atoms with van der Waals surface area (Å²) in [5.41, 5.74) is 0.790. The van der Waals surface area contributed by atoms with Crippen molar-refractivity contribution >= 4 is 11.8 Å². The minimum absolute atomic E-state index is 0.204. The first-order valence-electron chi connectivity index (χ1n) is 6.82. The molecule has 0 amide bonds. The van der Waals surface area contributed by atoms with Crippen LogP contribution in [0.4, 0.5) is 5.82 Å². The molecule has 0 aliphatic carbocycles. The van der Waals surface area contributed by atoms with Gasteiger partial charge in [0, 0.05) is 30.8 Å².